The zero-order chi connectivity index (χ0) is 16.6. The van der Waals surface area contributed by atoms with Crippen LogP contribution in [0.4, 0.5) is 0 Å². The monoisotopic (exact) mass is 350 g/mol. The second-order valence-electron chi connectivity index (χ2n) is 5.03. The largest absolute Gasteiger partial charge is 0.488 e. The highest BCUT2D eigenvalue weighted by atomic mass is 35.5. The Labute approximate surface area is 142 Å². The highest BCUT2D eigenvalue weighted by Gasteiger charge is 2.19. The summed E-state index contributed by atoms with van der Waals surface area (Å²) >= 11 is 11.9. The summed E-state index contributed by atoms with van der Waals surface area (Å²) in [7, 11) is 0. The zero-order valence-corrected chi connectivity index (χ0v) is 13.6. The van der Waals surface area contributed by atoms with E-state index in [1.807, 2.05) is 6.07 Å². The van der Waals surface area contributed by atoms with Crippen molar-refractivity contribution in [1.29, 1.82) is 0 Å². The number of carbonyl (C=O) groups is 1. The number of aromatic carboxylic acids is 1. The Hall–Kier alpha value is -2.17. The van der Waals surface area contributed by atoms with Gasteiger partial charge in [0.05, 0.1) is 15.4 Å². The Morgan fingerprint density at radius 3 is 2.70 bits per heavy atom. The molecule has 0 aliphatic heterocycles. The van der Waals surface area contributed by atoms with E-state index in [9.17, 15) is 4.79 Å². The molecule has 118 valence electrons. The zero-order valence-electron chi connectivity index (χ0n) is 12.1. The van der Waals surface area contributed by atoms with E-state index >= 15 is 0 Å². The maximum Gasteiger partial charge on any atom is 0.372 e. The minimum atomic E-state index is -1.10. The van der Waals surface area contributed by atoms with Crippen LogP contribution in [0, 0.1) is 6.92 Å². The predicted molar refractivity (Wildman–Crippen MR) is 88.7 cm³/mol. The molecule has 4 nitrogen and oxygen atoms in total. The van der Waals surface area contributed by atoms with Gasteiger partial charge in [-0.15, -0.1) is 0 Å². The summed E-state index contributed by atoms with van der Waals surface area (Å²) in [5, 5.41) is 10.8. The topological polar surface area (TPSA) is 59.7 Å². The van der Waals surface area contributed by atoms with E-state index in [0.717, 1.165) is 5.56 Å². The van der Waals surface area contributed by atoms with Gasteiger partial charge < -0.3 is 14.3 Å². The number of benzene rings is 2. The molecule has 1 aromatic heterocycles. The quantitative estimate of drug-likeness (QED) is 0.691. The molecular weight excluding hydrogens is 339 g/mol. The average Bonchev–Trinajstić information content (AvgIpc) is 2.86. The number of hydrogen-bond donors (Lipinski definition) is 1. The van der Waals surface area contributed by atoms with E-state index in [-0.39, 0.29) is 12.4 Å². The van der Waals surface area contributed by atoms with Crippen molar-refractivity contribution >= 4 is 40.1 Å². The number of ether oxygens (including phenoxy) is 1. The first-order chi connectivity index (χ1) is 11.0. The van der Waals surface area contributed by atoms with Crippen LogP contribution in [0.5, 0.6) is 5.75 Å². The maximum absolute atomic E-state index is 11.2. The fourth-order valence-electron chi connectivity index (χ4n) is 2.38. The van der Waals surface area contributed by atoms with Gasteiger partial charge in [0.2, 0.25) is 5.76 Å². The third-order valence-corrected chi connectivity index (χ3v) is 4.23. The van der Waals surface area contributed by atoms with E-state index in [4.69, 9.17) is 37.5 Å². The van der Waals surface area contributed by atoms with Gasteiger partial charge in [-0.05, 0) is 36.8 Å². The van der Waals surface area contributed by atoms with Crippen LogP contribution < -0.4 is 4.74 Å². The van der Waals surface area contributed by atoms with Gasteiger partial charge in [-0.3, -0.25) is 0 Å². The van der Waals surface area contributed by atoms with Crippen molar-refractivity contribution in [3.05, 3.63) is 63.3 Å². The van der Waals surface area contributed by atoms with Crippen LogP contribution >= 0.6 is 23.2 Å². The molecule has 23 heavy (non-hydrogen) atoms. The summed E-state index contributed by atoms with van der Waals surface area (Å²) in [6, 6.07) is 10.5. The molecule has 6 heteroatoms. The molecular formula is C17H12Cl2O4. The molecule has 0 aliphatic rings. The van der Waals surface area contributed by atoms with Crippen molar-refractivity contribution in [2.45, 2.75) is 13.5 Å². The number of carboxylic acid groups (broad SMARTS) is 1. The number of furan rings is 1. The Balaban J connectivity index is 1.93. The molecule has 0 fully saturated rings. The predicted octanol–water partition coefficient (Wildman–Crippen LogP) is 5.33. The van der Waals surface area contributed by atoms with E-state index in [1.165, 1.54) is 0 Å². The third-order valence-electron chi connectivity index (χ3n) is 3.49. The van der Waals surface area contributed by atoms with Gasteiger partial charge in [0.25, 0.3) is 0 Å². The third kappa shape index (κ3) is 3.00. The molecule has 0 unspecified atom stereocenters. The summed E-state index contributed by atoms with van der Waals surface area (Å²) in [6.07, 6.45) is 0. The number of hydrogen-bond acceptors (Lipinski definition) is 3. The van der Waals surface area contributed by atoms with Crippen molar-refractivity contribution in [1.82, 2.24) is 0 Å². The number of aryl methyl sites for hydroxylation is 1. The van der Waals surface area contributed by atoms with Crippen LogP contribution in [0.15, 0.2) is 40.8 Å². The average molecular weight is 351 g/mol. The smallest absolute Gasteiger partial charge is 0.372 e. The maximum atomic E-state index is 11.2. The molecule has 1 N–H and O–H groups in total. The molecule has 0 spiro atoms. The van der Waals surface area contributed by atoms with Gasteiger partial charge in [0, 0.05) is 5.56 Å². The number of halogens is 2. The normalized spacial score (nSPS) is 10.9. The number of rotatable bonds is 4. The molecule has 3 rings (SSSR count). The van der Waals surface area contributed by atoms with Gasteiger partial charge in [0.15, 0.2) is 0 Å². The highest BCUT2D eigenvalue weighted by Crippen LogP contribution is 2.33. The summed E-state index contributed by atoms with van der Waals surface area (Å²) in [5.41, 5.74) is 1.87. The van der Waals surface area contributed by atoms with Gasteiger partial charge in [-0.2, -0.15) is 0 Å². The number of carboxylic acids is 1. The molecule has 0 saturated heterocycles. The highest BCUT2D eigenvalue weighted by molar-refractivity contribution is 6.42. The van der Waals surface area contributed by atoms with Crippen molar-refractivity contribution in [2.24, 2.45) is 0 Å². The van der Waals surface area contributed by atoms with Crippen molar-refractivity contribution in [3.63, 3.8) is 0 Å². The molecule has 2 aromatic carbocycles. The molecule has 0 saturated carbocycles. The second kappa shape index (κ2) is 6.14. The SMILES string of the molecule is Cc1c(C(=O)O)oc2cccc(OCc3ccc(Cl)c(Cl)c3)c12. The Morgan fingerprint density at radius 1 is 1.22 bits per heavy atom. The van der Waals surface area contributed by atoms with Gasteiger partial charge in [-0.1, -0.05) is 35.3 Å². The van der Waals surface area contributed by atoms with Crippen molar-refractivity contribution in [2.75, 3.05) is 0 Å². The van der Waals surface area contributed by atoms with E-state index in [2.05, 4.69) is 0 Å². The molecule has 0 aliphatic carbocycles. The molecule has 0 atom stereocenters. The Morgan fingerprint density at radius 2 is 2.00 bits per heavy atom. The summed E-state index contributed by atoms with van der Waals surface area (Å²) in [5.74, 6) is -0.623. The van der Waals surface area contributed by atoms with Crippen LogP contribution in [0.2, 0.25) is 10.0 Å². The van der Waals surface area contributed by atoms with Crippen molar-refractivity contribution in [3.8, 4) is 5.75 Å². The minimum absolute atomic E-state index is 0.0782. The number of fused-ring (bicyclic) bond motifs is 1. The van der Waals surface area contributed by atoms with Crippen LogP contribution in [-0.2, 0) is 6.61 Å². The summed E-state index contributed by atoms with van der Waals surface area (Å²) < 4.78 is 11.2. The fourth-order valence-corrected chi connectivity index (χ4v) is 2.70. The van der Waals surface area contributed by atoms with Crippen LogP contribution in [0.1, 0.15) is 21.7 Å². The van der Waals surface area contributed by atoms with Gasteiger partial charge >= 0.3 is 5.97 Å². The first-order valence-corrected chi connectivity index (χ1v) is 7.55. The van der Waals surface area contributed by atoms with Crippen LogP contribution in [0.25, 0.3) is 11.0 Å². The molecule has 3 aromatic rings. The van der Waals surface area contributed by atoms with Crippen LogP contribution in [-0.4, -0.2) is 11.1 Å². The van der Waals surface area contributed by atoms with Crippen molar-refractivity contribution < 1.29 is 19.1 Å². The van der Waals surface area contributed by atoms with E-state index in [1.54, 1.807) is 37.3 Å². The standard InChI is InChI=1S/C17H12Cl2O4/c1-9-15-13(3-2-4-14(15)23-16(9)17(20)21)22-8-10-5-6-11(18)12(19)7-10/h2-7H,8H2,1H3,(H,20,21). The molecule has 0 amide bonds. The first-order valence-electron chi connectivity index (χ1n) is 6.79. The lowest BCUT2D eigenvalue weighted by Crippen LogP contribution is -1.97. The molecule has 1 heterocycles. The van der Waals surface area contributed by atoms with Crippen LogP contribution in [0.3, 0.4) is 0 Å². The van der Waals surface area contributed by atoms with Gasteiger partial charge in [-0.25, -0.2) is 4.79 Å². The summed E-state index contributed by atoms with van der Waals surface area (Å²) in [4.78, 5) is 11.2. The Kier molecular flexibility index (Phi) is 4.20. The lowest BCUT2D eigenvalue weighted by atomic mass is 10.1. The van der Waals surface area contributed by atoms with Gasteiger partial charge in [0.1, 0.15) is 17.9 Å². The lowest BCUT2D eigenvalue weighted by Gasteiger charge is -2.08. The van der Waals surface area contributed by atoms with E-state index in [0.29, 0.717) is 32.3 Å². The summed E-state index contributed by atoms with van der Waals surface area (Å²) in [6.45, 7) is 1.98. The first kappa shape index (κ1) is 15.7. The molecule has 0 bridgehead atoms. The molecule has 0 radical (unpaired) electrons. The minimum Gasteiger partial charge on any atom is -0.488 e. The van der Waals surface area contributed by atoms with E-state index < -0.39 is 5.97 Å². The lowest BCUT2D eigenvalue weighted by molar-refractivity contribution is 0.0664. The second-order valence-corrected chi connectivity index (χ2v) is 5.84. The fraction of sp³-hybridized carbons (Fsp3) is 0.118. The Bertz CT molecular complexity index is 899.